The third kappa shape index (κ3) is 4.46. The summed E-state index contributed by atoms with van der Waals surface area (Å²) in [6.45, 7) is 2.08. The normalized spacial score (nSPS) is 11.1. The Bertz CT molecular complexity index is 1080. The molecule has 0 bridgehead atoms. The molecule has 0 amide bonds. The molecule has 1 N–H and O–H groups in total. The van der Waals surface area contributed by atoms with Crippen LogP contribution in [0.4, 0.5) is 10.1 Å². The number of nitrogens with one attached hydrogen (secondary N) is 1. The minimum atomic E-state index is -0.508. The number of nitro groups is 1. The van der Waals surface area contributed by atoms with Crippen molar-refractivity contribution in [1.82, 2.24) is 14.9 Å². The number of benzene rings is 2. The van der Waals surface area contributed by atoms with Gasteiger partial charge in [-0.15, -0.1) is 0 Å². The van der Waals surface area contributed by atoms with E-state index in [1.807, 2.05) is 0 Å². The van der Waals surface area contributed by atoms with Crippen molar-refractivity contribution in [3.63, 3.8) is 0 Å². The number of H-pyrrole nitrogens is 1. The molecule has 0 aliphatic heterocycles. The lowest BCUT2D eigenvalue weighted by molar-refractivity contribution is -0.385. The largest absolute Gasteiger partial charge is 0.487 e. The van der Waals surface area contributed by atoms with Gasteiger partial charge in [-0.1, -0.05) is 12.1 Å². The lowest BCUT2D eigenvalue weighted by atomic mass is 10.1. The van der Waals surface area contributed by atoms with Gasteiger partial charge in [0, 0.05) is 18.1 Å². The maximum absolute atomic E-state index is 13.1. The van der Waals surface area contributed by atoms with Crippen LogP contribution < -0.4 is 4.74 Å². The molecule has 1 heterocycles. The Morgan fingerprint density at radius 1 is 1.36 bits per heavy atom. The highest BCUT2D eigenvalue weighted by atomic mass is 32.1. The fraction of sp³-hybridized carbons (Fsp3) is 0.167. The first-order valence-electron chi connectivity index (χ1n) is 8.34. The minimum absolute atomic E-state index is 0.145. The summed E-state index contributed by atoms with van der Waals surface area (Å²) in [5.41, 5.74) is 1.20. The fourth-order valence-corrected chi connectivity index (χ4v) is 2.70. The molecular weight excluding hydrogens is 385 g/mol. The fourth-order valence-electron chi connectivity index (χ4n) is 2.50. The number of halogens is 1. The van der Waals surface area contributed by atoms with Crippen LogP contribution in [0, 0.1) is 20.7 Å². The van der Waals surface area contributed by atoms with E-state index in [0.29, 0.717) is 24.4 Å². The Morgan fingerprint density at radius 3 is 2.79 bits per heavy atom. The van der Waals surface area contributed by atoms with E-state index in [4.69, 9.17) is 17.0 Å². The van der Waals surface area contributed by atoms with Crippen molar-refractivity contribution in [2.75, 3.05) is 6.61 Å². The highest BCUT2D eigenvalue weighted by molar-refractivity contribution is 7.71. The van der Waals surface area contributed by atoms with E-state index in [-0.39, 0.29) is 22.0 Å². The average molecular weight is 401 g/mol. The van der Waals surface area contributed by atoms with Crippen LogP contribution in [0.2, 0.25) is 0 Å². The highest BCUT2D eigenvalue weighted by Gasteiger charge is 2.15. The summed E-state index contributed by atoms with van der Waals surface area (Å²) in [6.07, 6.45) is 1.83. The van der Waals surface area contributed by atoms with E-state index in [2.05, 4.69) is 15.3 Å². The number of hydrogen-bond donors (Lipinski definition) is 1. The molecule has 0 atom stereocenters. The zero-order chi connectivity index (χ0) is 20.1. The molecule has 0 spiro atoms. The Morgan fingerprint density at radius 2 is 2.11 bits per heavy atom. The minimum Gasteiger partial charge on any atom is -0.487 e. The summed E-state index contributed by atoms with van der Waals surface area (Å²) < 4.78 is 20.0. The van der Waals surface area contributed by atoms with Gasteiger partial charge in [0.2, 0.25) is 4.77 Å². The van der Waals surface area contributed by atoms with Crippen molar-refractivity contribution in [1.29, 1.82) is 0 Å². The Kier molecular flexibility index (Phi) is 5.90. The second-order valence-corrected chi connectivity index (χ2v) is 6.11. The molecule has 28 heavy (non-hydrogen) atoms. The molecular formula is C18H16FN5O3S. The standard InChI is InChI=1S/C18H16FN5O3S/c1-2-27-16-8-5-13(9-15(16)24(25)26)11-20-23-17(21-22-18(23)28)10-12-3-6-14(19)7-4-12/h3-9,11H,2,10H2,1H3,(H,22,28)/b20-11-. The van der Waals surface area contributed by atoms with Crippen molar-refractivity contribution < 1.29 is 14.1 Å². The first-order valence-corrected chi connectivity index (χ1v) is 8.75. The number of hydrogen-bond acceptors (Lipinski definition) is 6. The van der Waals surface area contributed by atoms with Crippen molar-refractivity contribution in [2.24, 2.45) is 5.10 Å². The van der Waals surface area contributed by atoms with Gasteiger partial charge in [-0.3, -0.25) is 15.2 Å². The smallest absolute Gasteiger partial charge is 0.311 e. The molecule has 1 aromatic heterocycles. The highest BCUT2D eigenvalue weighted by Crippen LogP contribution is 2.27. The summed E-state index contributed by atoms with van der Waals surface area (Å²) in [4.78, 5) is 10.7. The maximum Gasteiger partial charge on any atom is 0.311 e. The van der Waals surface area contributed by atoms with Crippen LogP contribution in [0.3, 0.4) is 0 Å². The van der Waals surface area contributed by atoms with Gasteiger partial charge in [0.25, 0.3) is 0 Å². The second kappa shape index (κ2) is 8.53. The van der Waals surface area contributed by atoms with Gasteiger partial charge in [-0.25, -0.2) is 4.39 Å². The van der Waals surface area contributed by atoms with Crippen LogP contribution in [-0.4, -0.2) is 32.6 Å². The number of rotatable bonds is 7. The zero-order valence-corrected chi connectivity index (χ0v) is 15.6. The number of ether oxygens (including phenoxy) is 1. The number of nitro benzene ring substituents is 1. The van der Waals surface area contributed by atoms with Crippen LogP contribution >= 0.6 is 12.2 Å². The van der Waals surface area contributed by atoms with E-state index in [1.165, 1.54) is 35.2 Å². The van der Waals surface area contributed by atoms with Crippen molar-refractivity contribution >= 4 is 24.1 Å². The zero-order valence-electron chi connectivity index (χ0n) is 14.8. The Labute approximate surface area is 164 Å². The average Bonchev–Trinajstić information content (AvgIpc) is 3.02. The quantitative estimate of drug-likeness (QED) is 0.281. The van der Waals surface area contributed by atoms with Crippen molar-refractivity contribution in [3.8, 4) is 5.75 Å². The molecule has 3 rings (SSSR count). The van der Waals surface area contributed by atoms with Gasteiger partial charge in [0.1, 0.15) is 5.82 Å². The predicted octanol–water partition coefficient (Wildman–Crippen LogP) is 3.86. The maximum atomic E-state index is 13.1. The van der Waals surface area contributed by atoms with Crippen molar-refractivity contribution in [2.45, 2.75) is 13.3 Å². The number of aromatic amines is 1. The van der Waals surface area contributed by atoms with Gasteiger partial charge in [0.05, 0.1) is 17.7 Å². The monoisotopic (exact) mass is 401 g/mol. The van der Waals surface area contributed by atoms with E-state index in [1.54, 1.807) is 25.1 Å². The SMILES string of the molecule is CCOc1ccc(/C=N\n2c(Cc3ccc(F)cc3)n[nH]c2=S)cc1[N+](=O)[O-]. The van der Waals surface area contributed by atoms with Gasteiger partial charge in [-0.2, -0.15) is 14.9 Å². The summed E-state index contributed by atoms with van der Waals surface area (Å²) in [5, 5.41) is 22.3. The van der Waals surface area contributed by atoms with Gasteiger partial charge < -0.3 is 4.74 Å². The molecule has 3 aromatic rings. The summed E-state index contributed by atoms with van der Waals surface area (Å²) in [7, 11) is 0. The summed E-state index contributed by atoms with van der Waals surface area (Å²) in [5.74, 6) is 0.396. The Hall–Kier alpha value is -3.40. The van der Waals surface area contributed by atoms with Crippen LogP contribution in [0.15, 0.2) is 47.6 Å². The van der Waals surface area contributed by atoms with E-state index >= 15 is 0 Å². The molecule has 0 saturated heterocycles. The van der Waals surface area contributed by atoms with E-state index in [9.17, 15) is 14.5 Å². The van der Waals surface area contributed by atoms with Crippen LogP contribution in [0.5, 0.6) is 5.75 Å². The lowest BCUT2D eigenvalue weighted by Gasteiger charge is -2.05. The first-order chi connectivity index (χ1) is 13.5. The molecule has 0 unspecified atom stereocenters. The molecule has 0 saturated carbocycles. The van der Waals surface area contributed by atoms with Crippen LogP contribution in [0.25, 0.3) is 0 Å². The molecule has 0 aliphatic carbocycles. The molecule has 0 aliphatic rings. The number of nitrogens with zero attached hydrogens (tertiary/aromatic N) is 4. The molecule has 10 heteroatoms. The van der Waals surface area contributed by atoms with E-state index < -0.39 is 4.92 Å². The van der Waals surface area contributed by atoms with Gasteiger partial charge in [0.15, 0.2) is 11.6 Å². The Balaban J connectivity index is 1.87. The second-order valence-electron chi connectivity index (χ2n) is 5.72. The van der Waals surface area contributed by atoms with Crippen molar-refractivity contribution in [3.05, 3.63) is 80.1 Å². The first kappa shape index (κ1) is 19.4. The van der Waals surface area contributed by atoms with Crippen LogP contribution in [-0.2, 0) is 6.42 Å². The van der Waals surface area contributed by atoms with Gasteiger partial charge in [-0.05, 0) is 49.0 Å². The predicted molar refractivity (Wildman–Crippen MR) is 104 cm³/mol. The molecule has 0 radical (unpaired) electrons. The third-order valence-electron chi connectivity index (χ3n) is 3.79. The number of aromatic nitrogens is 3. The summed E-state index contributed by atoms with van der Waals surface area (Å²) >= 11 is 5.19. The molecule has 0 fully saturated rings. The molecule has 144 valence electrons. The topological polar surface area (TPSA) is 98.3 Å². The van der Waals surface area contributed by atoms with Gasteiger partial charge >= 0.3 is 5.69 Å². The van der Waals surface area contributed by atoms with E-state index in [0.717, 1.165) is 5.56 Å². The molecule has 2 aromatic carbocycles. The summed E-state index contributed by atoms with van der Waals surface area (Å²) in [6, 6.07) is 10.6. The lowest BCUT2D eigenvalue weighted by Crippen LogP contribution is -2.01. The molecule has 8 nitrogen and oxygen atoms in total. The van der Waals surface area contributed by atoms with Crippen LogP contribution in [0.1, 0.15) is 23.9 Å². The third-order valence-corrected chi connectivity index (χ3v) is 4.06.